The van der Waals surface area contributed by atoms with Crippen LogP contribution in [0, 0.1) is 58.2 Å². The summed E-state index contributed by atoms with van der Waals surface area (Å²) in [5.41, 5.74) is 0.836. The van der Waals surface area contributed by atoms with Gasteiger partial charge in [-0.2, -0.15) is 0 Å². The summed E-state index contributed by atoms with van der Waals surface area (Å²) in [5, 5.41) is 10.4. The van der Waals surface area contributed by atoms with Crippen molar-refractivity contribution in [1.29, 1.82) is 0 Å². The highest BCUT2D eigenvalue weighted by Crippen LogP contribution is 2.70. The van der Waals surface area contributed by atoms with Crippen LogP contribution in [-0.2, 0) is 9.53 Å². The molecule has 0 heterocycles. The predicted molar refractivity (Wildman–Crippen MR) is 121 cm³/mol. The van der Waals surface area contributed by atoms with Crippen molar-refractivity contribution in [2.45, 2.75) is 98.5 Å². The Morgan fingerprint density at radius 2 is 1.83 bits per heavy atom. The second kappa shape index (κ2) is 8.09. The van der Waals surface area contributed by atoms with Gasteiger partial charge in [-0.1, -0.05) is 34.6 Å². The van der Waals surface area contributed by atoms with Crippen molar-refractivity contribution in [3.05, 3.63) is 0 Å². The number of ether oxygens (including phenoxy) is 1. The van der Waals surface area contributed by atoms with E-state index in [0.717, 1.165) is 54.8 Å². The van der Waals surface area contributed by atoms with Gasteiger partial charge in [-0.25, -0.2) is 0 Å². The lowest BCUT2D eigenvalue weighted by Gasteiger charge is -2.64. The fourth-order valence-electron chi connectivity index (χ4n) is 9.57. The minimum atomic E-state index is -0.0652. The van der Waals surface area contributed by atoms with Gasteiger partial charge in [-0.05, 0) is 110 Å². The molecule has 4 aliphatic rings. The van der Waals surface area contributed by atoms with E-state index in [4.69, 9.17) is 4.74 Å². The van der Waals surface area contributed by atoms with E-state index in [1.54, 1.807) is 0 Å². The quantitative estimate of drug-likeness (QED) is 0.562. The number of aliphatic hydroxyl groups excluding tert-OH is 1. The Labute approximate surface area is 184 Å². The Balaban J connectivity index is 1.58. The van der Waals surface area contributed by atoms with Crippen molar-refractivity contribution in [2.24, 2.45) is 58.2 Å². The van der Waals surface area contributed by atoms with Crippen LogP contribution in [0.2, 0.25) is 0 Å². The van der Waals surface area contributed by atoms with Crippen LogP contribution in [0.15, 0.2) is 0 Å². The Morgan fingerprint density at radius 3 is 2.53 bits per heavy atom. The predicted octanol–water partition coefficient (Wildman–Crippen LogP) is 6.09. The van der Waals surface area contributed by atoms with Crippen LogP contribution in [0.25, 0.3) is 0 Å². The van der Waals surface area contributed by atoms with E-state index in [2.05, 4.69) is 34.6 Å². The summed E-state index contributed by atoms with van der Waals surface area (Å²) in [6.07, 6.45) is 10.1. The summed E-state index contributed by atoms with van der Waals surface area (Å²) in [6.45, 7) is 12.7. The van der Waals surface area contributed by atoms with Crippen molar-refractivity contribution in [3.63, 3.8) is 0 Å². The van der Waals surface area contributed by atoms with Crippen molar-refractivity contribution in [3.8, 4) is 0 Å². The SMILES string of the molecule is COC(=O)CCC(C)C1CCC2C3C(C)CC4CC(O)CCC4(C)C3CC(C)C12C. The smallest absolute Gasteiger partial charge is 0.305 e. The van der Waals surface area contributed by atoms with Gasteiger partial charge in [-0.15, -0.1) is 0 Å². The monoisotopic (exact) mass is 418 g/mol. The molecule has 11 atom stereocenters. The van der Waals surface area contributed by atoms with E-state index in [9.17, 15) is 9.90 Å². The normalized spacial score (nSPS) is 51.4. The van der Waals surface area contributed by atoms with E-state index in [1.165, 1.54) is 39.2 Å². The molecule has 0 radical (unpaired) electrons. The molecule has 4 rings (SSSR count). The molecule has 1 N–H and O–H groups in total. The lowest BCUT2D eigenvalue weighted by Crippen LogP contribution is -2.58. The van der Waals surface area contributed by atoms with Gasteiger partial charge in [0.05, 0.1) is 13.2 Å². The van der Waals surface area contributed by atoms with Crippen LogP contribution in [0.3, 0.4) is 0 Å². The van der Waals surface area contributed by atoms with Gasteiger partial charge in [0.15, 0.2) is 0 Å². The fourth-order valence-corrected chi connectivity index (χ4v) is 9.57. The van der Waals surface area contributed by atoms with Gasteiger partial charge >= 0.3 is 5.97 Å². The van der Waals surface area contributed by atoms with Crippen molar-refractivity contribution in [2.75, 3.05) is 7.11 Å². The third-order valence-corrected chi connectivity index (χ3v) is 11.4. The summed E-state index contributed by atoms with van der Waals surface area (Å²) in [5.74, 6) is 6.00. The summed E-state index contributed by atoms with van der Waals surface area (Å²) in [6, 6.07) is 0. The Bertz CT molecular complexity index is 646. The largest absolute Gasteiger partial charge is 0.469 e. The molecule has 3 heteroatoms. The summed E-state index contributed by atoms with van der Waals surface area (Å²) in [7, 11) is 1.51. The number of carbonyl (C=O) groups excluding carboxylic acids is 1. The summed E-state index contributed by atoms with van der Waals surface area (Å²) >= 11 is 0. The van der Waals surface area contributed by atoms with Gasteiger partial charge in [0.25, 0.3) is 0 Å². The zero-order valence-electron chi connectivity index (χ0n) is 20.3. The molecule has 0 amide bonds. The molecule has 0 saturated heterocycles. The van der Waals surface area contributed by atoms with Crippen molar-refractivity contribution < 1.29 is 14.6 Å². The molecule has 0 aromatic heterocycles. The summed E-state index contributed by atoms with van der Waals surface area (Å²) in [4.78, 5) is 11.7. The maximum absolute atomic E-state index is 11.7. The molecule has 4 fully saturated rings. The molecule has 30 heavy (non-hydrogen) atoms. The third kappa shape index (κ3) is 3.37. The second-order valence-electron chi connectivity index (χ2n) is 12.4. The molecule has 4 aliphatic carbocycles. The maximum atomic E-state index is 11.7. The first-order valence-electron chi connectivity index (χ1n) is 12.9. The molecule has 172 valence electrons. The van der Waals surface area contributed by atoms with E-state index in [-0.39, 0.29) is 12.1 Å². The first-order valence-corrected chi connectivity index (χ1v) is 12.9. The first-order chi connectivity index (χ1) is 14.1. The minimum Gasteiger partial charge on any atom is -0.469 e. The lowest BCUT2D eigenvalue weighted by atomic mass is 9.40. The van der Waals surface area contributed by atoms with Gasteiger partial charge < -0.3 is 9.84 Å². The number of rotatable bonds is 4. The molecule has 0 spiro atoms. The van der Waals surface area contributed by atoms with E-state index < -0.39 is 0 Å². The number of esters is 1. The van der Waals surface area contributed by atoms with Gasteiger partial charge in [0.1, 0.15) is 0 Å². The topological polar surface area (TPSA) is 46.5 Å². The van der Waals surface area contributed by atoms with Crippen LogP contribution in [0.4, 0.5) is 0 Å². The van der Waals surface area contributed by atoms with Crippen molar-refractivity contribution in [1.82, 2.24) is 0 Å². The number of hydrogen-bond donors (Lipinski definition) is 1. The number of hydrogen-bond acceptors (Lipinski definition) is 3. The Hall–Kier alpha value is -0.570. The molecule has 0 bridgehead atoms. The van der Waals surface area contributed by atoms with Gasteiger partial charge in [-0.3, -0.25) is 4.79 Å². The highest BCUT2D eigenvalue weighted by Gasteiger charge is 2.64. The van der Waals surface area contributed by atoms with Gasteiger partial charge in [0.2, 0.25) is 0 Å². The number of carbonyl (C=O) groups is 1. The standard InChI is InChI=1S/C27H46O3/c1-16(7-10-24(29)30-6)21-8-9-22-25-17(2)13-19-15-20(28)11-12-26(19,4)23(25)14-18(3)27(21,22)5/h16-23,25,28H,7-15H2,1-6H3. The fraction of sp³-hybridized carbons (Fsp3) is 0.963. The zero-order valence-corrected chi connectivity index (χ0v) is 20.3. The lowest BCUT2D eigenvalue weighted by molar-refractivity contribution is -0.168. The minimum absolute atomic E-state index is 0.0577. The summed E-state index contributed by atoms with van der Waals surface area (Å²) < 4.78 is 4.91. The third-order valence-electron chi connectivity index (χ3n) is 11.4. The molecular formula is C27H46O3. The molecular weight excluding hydrogens is 372 g/mol. The van der Waals surface area contributed by atoms with Gasteiger partial charge in [0, 0.05) is 6.42 Å². The van der Waals surface area contributed by atoms with Crippen molar-refractivity contribution >= 4 is 5.97 Å². The molecule has 0 aliphatic heterocycles. The molecule has 3 nitrogen and oxygen atoms in total. The average Bonchev–Trinajstić information content (AvgIpc) is 3.06. The van der Waals surface area contributed by atoms with E-state index in [0.29, 0.717) is 29.1 Å². The Morgan fingerprint density at radius 1 is 1.10 bits per heavy atom. The van der Waals surface area contributed by atoms with Crippen LogP contribution >= 0.6 is 0 Å². The van der Waals surface area contributed by atoms with Crippen LogP contribution in [0.1, 0.15) is 92.4 Å². The molecule has 0 aromatic carbocycles. The number of aliphatic hydroxyl groups is 1. The molecule has 11 unspecified atom stereocenters. The maximum Gasteiger partial charge on any atom is 0.305 e. The van der Waals surface area contributed by atoms with Crippen LogP contribution in [-0.4, -0.2) is 24.3 Å². The average molecular weight is 419 g/mol. The zero-order chi connectivity index (χ0) is 21.8. The molecule has 4 saturated carbocycles. The Kier molecular flexibility index (Phi) is 6.10. The van der Waals surface area contributed by atoms with E-state index >= 15 is 0 Å². The highest BCUT2D eigenvalue weighted by atomic mass is 16.5. The van der Waals surface area contributed by atoms with Crippen LogP contribution < -0.4 is 0 Å². The molecule has 0 aromatic rings. The van der Waals surface area contributed by atoms with Crippen LogP contribution in [0.5, 0.6) is 0 Å². The first kappa shape index (κ1) is 22.6. The number of methoxy groups -OCH3 is 1. The van der Waals surface area contributed by atoms with E-state index in [1.807, 2.05) is 0 Å². The highest BCUT2D eigenvalue weighted by molar-refractivity contribution is 5.69. The second-order valence-corrected chi connectivity index (χ2v) is 12.4. The number of fused-ring (bicyclic) bond motifs is 5.